The van der Waals surface area contributed by atoms with Crippen LogP contribution in [-0.4, -0.2) is 0 Å². The van der Waals surface area contributed by atoms with Crippen molar-refractivity contribution in [3.05, 3.63) is 12.2 Å². The second-order valence-electron chi connectivity index (χ2n) is 5.51. The maximum absolute atomic E-state index is 2.25. The molecule has 0 nitrogen and oxygen atoms in total. The van der Waals surface area contributed by atoms with Crippen LogP contribution in [0.5, 0.6) is 0 Å². The van der Waals surface area contributed by atoms with E-state index in [1.807, 2.05) is 0 Å². The van der Waals surface area contributed by atoms with E-state index in [9.17, 15) is 0 Å². The van der Waals surface area contributed by atoms with Gasteiger partial charge in [-0.05, 0) is 24.2 Å². The molecule has 0 fully saturated rings. The monoisotopic (exact) mass is 187 g/mol. The number of allylic oxidation sites excluding steroid dienone is 2. The van der Waals surface area contributed by atoms with E-state index in [0.29, 0.717) is 5.41 Å². The highest BCUT2D eigenvalue weighted by Gasteiger charge is 1.95. The molecule has 0 spiro atoms. The minimum Gasteiger partial charge on any atom is -0.0888 e. The summed E-state index contributed by atoms with van der Waals surface area (Å²) in [6.07, 6.45) is 6.88. The van der Waals surface area contributed by atoms with E-state index >= 15 is 0 Å². The van der Waals surface area contributed by atoms with Crippen LogP contribution in [-0.2, 0) is 0 Å². The fourth-order valence-electron chi connectivity index (χ4n) is 0.535. The summed E-state index contributed by atoms with van der Waals surface area (Å²) < 4.78 is 0. The van der Waals surface area contributed by atoms with Gasteiger partial charge in [0.05, 0.1) is 0 Å². The first-order chi connectivity index (χ1) is 5.77. The standard InChI is InChI=1S/C8H16.C5H12.H2/c1-4-5-6-7-8(2)3;1-5(2,3)4;/h5-6,8H,4,7H2,1-3H3;1-4H3;1H/i;;1+1. The van der Waals surface area contributed by atoms with Crippen molar-refractivity contribution in [3.8, 4) is 0 Å². The van der Waals surface area contributed by atoms with Gasteiger partial charge < -0.3 is 0 Å². The number of rotatable bonds is 3. The van der Waals surface area contributed by atoms with E-state index in [4.69, 9.17) is 0 Å². The Bertz CT molecular complexity index is 112. The Morgan fingerprint density at radius 2 is 1.46 bits per heavy atom. The Balaban J connectivity index is -0.000000177. The molecule has 0 aromatic carbocycles. The van der Waals surface area contributed by atoms with Crippen LogP contribution in [0.2, 0.25) is 0 Å². The van der Waals surface area contributed by atoms with Gasteiger partial charge in [0.25, 0.3) is 0 Å². The average molecular weight is 187 g/mol. The molecule has 0 aliphatic heterocycles. The van der Waals surface area contributed by atoms with Crippen LogP contribution < -0.4 is 0 Å². The Morgan fingerprint density at radius 1 is 1.08 bits per heavy atom. The van der Waals surface area contributed by atoms with Crippen molar-refractivity contribution in [2.75, 3.05) is 0 Å². The number of hydrogen-bond acceptors (Lipinski definition) is 0. The van der Waals surface area contributed by atoms with Gasteiger partial charge in [0, 0.05) is 1.43 Å². The summed E-state index contributed by atoms with van der Waals surface area (Å²) in [5.41, 5.74) is 0.500. The fraction of sp³-hybridized carbons (Fsp3) is 0.846. The molecular formula is C13H30. The van der Waals surface area contributed by atoms with Crippen LogP contribution in [0, 0.1) is 11.3 Å². The molecule has 0 heterocycles. The van der Waals surface area contributed by atoms with Crippen LogP contribution in [0.4, 0.5) is 0 Å². The zero-order chi connectivity index (χ0) is 10.9. The molecule has 0 heteroatoms. The lowest BCUT2D eigenvalue weighted by molar-refractivity contribution is 0.469. The van der Waals surface area contributed by atoms with E-state index in [1.165, 1.54) is 12.8 Å². The summed E-state index contributed by atoms with van der Waals surface area (Å²) >= 11 is 0. The van der Waals surface area contributed by atoms with Crippen LogP contribution in [0.25, 0.3) is 0 Å². The molecule has 0 bridgehead atoms. The summed E-state index contributed by atoms with van der Waals surface area (Å²) in [5.74, 6) is 0.817. The van der Waals surface area contributed by atoms with E-state index in [1.54, 1.807) is 0 Å². The Morgan fingerprint density at radius 3 is 1.69 bits per heavy atom. The molecule has 0 saturated carbocycles. The quantitative estimate of drug-likeness (QED) is 0.526. The van der Waals surface area contributed by atoms with Gasteiger partial charge in [0.1, 0.15) is 0 Å². The molecule has 13 heavy (non-hydrogen) atoms. The van der Waals surface area contributed by atoms with Crippen molar-refractivity contribution in [2.24, 2.45) is 11.3 Å². The zero-order valence-corrected chi connectivity index (χ0v) is 10.6. The third kappa shape index (κ3) is 49.6. The molecule has 0 rings (SSSR count). The first kappa shape index (κ1) is 15.2. The molecule has 0 amide bonds. The predicted octanol–water partition coefficient (Wildman–Crippen LogP) is 5.30. The van der Waals surface area contributed by atoms with Crippen molar-refractivity contribution in [1.29, 1.82) is 0 Å². The van der Waals surface area contributed by atoms with Gasteiger partial charge in [-0.15, -0.1) is 0 Å². The second kappa shape index (κ2) is 8.34. The van der Waals surface area contributed by atoms with Crippen LogP contribution >= 0.6 is 0 Å². The Kier molecular flexibility index (Phi) is 9.77. The highest BCUT2D eigenvalue weighted by atomic mass is 14.0. The van der Waals surface area contributed by atoms with Gasteiger partial charge in [0.2, 0.25) is 0 Å². The molecular weight excluding hydrogens is 156 g/mol. The highest BCUT2D eigenvalue weighted by Crippen LogP contribution is 2.08. The predicted molar refractivity (Wildman–Crippen MR) is 66.1 cm³/mol. The van der Waals surface area contributed by atoms with Gasteiger partial charge >= 0.3 is 0 Å². The SMILES string of the molecule is CC(C)(C)C.CCC=CCC(C)C.[2HH]. The van der Waals surface area contributed by atoms with Gasteiger partial charge in [-0.25, -0.2) is 0 Å². The smallest absolute Gasteiger partial charge is 0 e. The molecule has 82 valence electrons. The molecule has 0 atom stereocenters. The van der Waals surface area contributed by atoms with Crippen molar-refractivity contribution in [1.82, 2.24) is 0 Å². The molecule has 0 saturated heterocycles. The van der Waals surface area contributed by atoms with Gasteiger partial charge in [-0.2, -0.15) is 0 Å². The molecule has 0 aromatic rings. The van der Waals surface area contributed by atoms with Crippen molar-refractivity contribution < 1.29 is 1.43 Å². The minimum atomic E-state index is 0. The van der Waals surface area contributed by atoms with Crippen molar-refractivity contribution in [2.45, 2.75) is 61.3 Å². The maximum Gasteiger partial charge on any atom is 0 e. The zero-order valence-electron chi connectivity index (χ0n) is 10.6. The Hall–Kier alpha value is -0.260. The van der Waals surface area contributed by atoms with Crippen LogP contribution in [0.1, 0.15) is 62.7 Å². The fourth-order valence-corrected chi connectivity index (χ4v) is 0.535. The largest absolute Gasteiger partial charge is 0.0888 e. The summed E-state index contributed by atoms with van der Waals surface area (Å²) in [7, 11) is 0. The van der Waals surface area contributed by atoms with E-state index in [2.05, 4.69) is 60.6 Å². The molecule has 0 aliphatic carbocycles. The molecule has 0 N–H and O–H groups in total. The lowest BCUT2D eigenvalue weighted by Gasteiger charge is -2.05. The lowest BCUT2D eigenvalue weighted by Crippen LogP contribution is -1.93. The summed E-state index contributed by atoms with van der Waals surface area (Å²) in [5, 5.41) is 0. The lowest BCUT2D eigenvalue weighted by atomic mass is 10.0. The van der Waals surface area contributed by atoms with Crippen LogP contribution in [0.15, 0.2) is 12.2 Å². The van der Waals surface area contributed by atoms with Gasteiger partial charge in [0.15, 0.2) is 0 Å². The first-order valence-corrected chi connectivity index (χ1v) is 5.42. The summed E-state index contributed by atoms with van der Waals surface area (Å²) in [6, 6.07) is 0. The highest BCUT2D eigenvalue weighted by molar-refractivity contribution is 4.80. The van der Waals surface area contributed by atoms with E-state index < -0.39 is 0 Å². The third-order valence-corrected chi connectivity index (χ3v) is 1.01. The molecule has 0 aromatic heterocycles. The maximum atomic E-state index is 2.25. The Labute approximate surface area is 86.9 Å². The van der Waals surface area contributed by atoms with Crippen molar-refractivity contribution in [3.63, 3.8) is 0 Å². The van der Waals surface area contributed by atoms with Crippen molar-refractivity contribution >= 4 is 0 Å². The normalized spacial score (nSPS) is 11.7. The van der Waals surface area contributed by atoms with E-state index in [-0.39, 0.29) is 1.43 Å². The van der Waals surface area contributed by atoms with Gasteiger partial charge in [-0.1, -0.05) is 60.6 Å². The molecule has 0 aliphatic rings. The van der Waals surface area contributed by atoms with Crippen LogP contribution in [0.3, 0.4) is 0 Å². The second-order valence-corrected chi connectivity index (χ2v) is 5.51. The summed E-state index contributed by atoms with van der Waals surface area (Å²) in [4.78, 5) is 0. The minimum absolute atomic E-state index is 0. The topological polar surface area (TPSA) is 0 Å². The van der Waals surface area contributed by atoms with E-state index in [0.717, 1.165) is 5.92 Å². The first-order valence-electron chi connectivity index (χ1n) is 5.42. The average Bonchev–Trinajstić information content (AvgIpc) is 1.83. The van der Waals surface area contributed by atoms with Gasteiger partial charge in [-0.3, -0.25) is 0 Å². The molecule has 0 radical (unpaired) electrons. The molecule has 0 unspecified atom stereocenters. The third-order valence-electron chi connectivity index (χ3n) is 1.01. The summed E-state index contributed by atoms with van der Waals surface area (Å²) in [6.45, 7) is 15.4. The number of hydrogen-bond donors (Lipinski definition) is 0.